The maximum absolute atomic E-state index is 9.04. The standard InChI is InChI=1S/C13H21NO2/c1-2-11-3-5-12(6-4-11)9-14-13(10-16)7-8-15/h3-6,13-16H,2,7-10H2,1H3. The van der Waals surface area contributed by atoms with Crippen LogP contribution in [0.3, 0.4) is 0 Å². The quantitative estimate of drug-likeness (QED) is 0.648. The average Bonchev–Trinajstić information content (AvgIpc) is 2.35. The lowest BCUT2D eigenvalue weighted by Crippen LogP contribution is -2.32. The second-order valence-corrected chi connectivity index (χ2v) is 3.94. The number of rotatable bonds is 7. The summed E-state index contributed by atoms with van der Waals surface area (Å²) in [6.07, 6.45) is 1.64. The van der Waals surface area contributed by atoms with Crippen LogP contribution in [0.2, 0.25) is 0 Å². The first-order chi connectivity index (χ1) is 7.80. The molecule has 0 aliphatic rings. The molecule has 0 spiro atoms. The maximum atomic E-state index is 9.04. The zero-order chi connectivity index (χ0) is 11.8. The minimum absolute atomic E-state index is 0.0177. The molecule has 1 aromatic carbocycles. The van der Waals surface area contributed by atoms with E-state index in [1.165, 1.54) is 11.1 Å². The number of benzene rings is 1. The smallest absolute Gasteiger partial charge is 0.0585 e. The molecule has 1 atom stereocenters. The van der Waals surface area contributed by atoms with Gasteiger partial charge in [-0.05, 0) is 24.0 Å². The fraction of sp³-hybridized carbons (Fsp3) is 0.538. The molecule has 90 valence electrons. The number of hydrogen-bond acceptors (Lipinski definition) is 3. The van der Waals surface area contributed by atoms with Crippen molar-refractivity contribution in [3.8, 4) is 0 Å². The van der Waals surface area contributed by atoms with Gasteiger partial charge in [0.1, 0.15) is 0 Å². The lowest BCUT2D eigenvalue weighted by Gasteiger charge is -2.14. The fourth-order valence-corrected chi connectivity index (χ4v) is 1.57. The molecule has 0 saturated carbocycles. The summed E-state index contributed by atoms with van der Waals surface area (Å²) in [6.45, 7) is 3.03. The van der Waals surface area contributed by atoms with Gasteiger partial charge < -0.3 is 15.5 Å². The Morgan fingerprint density at radius 1 is 1.12 bits per heavy atom. The second-order valence-electron chi connectivity index (χ2n) is 3.94. The molecule has 16 heavy (non-hydrogen) atoms. The number of aryl methyl sites for hydroxylation is 1. The highest BCUT2D eigenvalue weighted by Crippen LogP contribution is 2.05. The van der Waals surface area contributed by atoms with Crippen molar-refractivity contribution in [2.75, 3.05) is 13.2 Å². The lowest BCUT2D eigenvalue weighted by molar-refractivity contribution is 0.200. The van der Waals surface area contributed by atoms with E-state index in [0.29, 0.717) is 6.42 Å². The van der Waals surface area contributed by atoms with Crippen LogP contribution in [0.1, 0.15) is 24.5 Å². The first kappa shape index (κ1) is 13.2. The third-order valence-corrected chi connectivity index (χ3v) is 2.72. The van der Waals surface area contributed by atoms with Gasteiger partial charge in [-0.3, -0.25) is 0 Å². The first-order valence-electron chi connectivity index (χ1n) is 5.83. The SMILES string of the molecule is CCc1ccc(CNC(CO)CCO)cc1. The molecule has 3 nitrogen and oxygen atoms in total. The molecule has 0 aliphatic heterocycles. The van der Waals surface area contributed by atoms with Crippen LogP contribution in [-0.4, -0.2) is 29.5 Å². The van der Waals surface area contributed by atoms with Crippen LogP contribution in [-0.2, 0) is 13.0 Å². The van der Waals surface area contributed by atoms with Gasteiger partial charge in [-0.25, -0.2) is 0 Å². The van der Waals surface area contributed by atoms with Crippen molar-refractivity contribution in [1.29, 1.82) is 0 Å². The maximum Gasteiger partial charge on any atom is 0.0585 e. The molecule has 0 bridgehead atoms. The molecule has 0 heterocycles. The largest absolute Gasteiger partial charge is 0.396 e. The molecule has 0 aromatic heterocycles. The van der Waals surface area contributed by atoms with Crippen LogP contribution in [0, 0.1) is 0 Å². The first-order valence-corrected chi connectivity index (χ1v) is 5.83. The Hall–Kier alpha value is -0.900. The highest BCUT2D eigenvalue weighted by Gasteiger charge is 2.05. The van der Waals surface area contributed by atoms with E-state index in [1.807, 2.05) is 0 Å². The molecule has 0 radical (unpaired) electrons. The van der Waals surface area contributed by atoms with E-state index in [4.69, 9.17) is 10.2 Å². The average molecular weight is 223 g/mol. The Bertz CT molecular complexity index is 284. The van der Waals surface area contributed by atoms with Gasteiger partial charge in [0.25, 0.3) is 0 Å². The Labute approximate surface area is 97.1 Å². The molecular formula is C13H21NO2. The van der Waals surface area contributed by atoms with Gasteiger partial charge in [-0.1, -0.05) is 31.2 Å². The Kier molecular flexibility index (Phi) is 6.08. The molecule has 0 saturated heterocycles. The summed E-state index contributed by atoms with van der Waals surface area (Å²) in [6, 6.07) is 8.42. The summed E-state index contributed by atoms with van der Waals surface area (Å²) in [5, 5.41) is 21.0. The summed E-state index contributed by atoms with van der Waals surface area (Å²) in [7, 11) is 0. The van der Waals surface area contributed by atoms with E-state index in [9.17, 15) is 0 Å². The highest BCUT2D eigenvalue weighted by atomic mass is 16.3. The van der Waals surface area contributed by atoms with Crippen molar-refractivity contribution in [2.24, 2.45) is 0 Å². The van der Waals surface area contributed by atoms with Crippen LogP contribution < -0.4 is 5.32 Å². The Balaban J connectivity index is 2.40. The minimum atomic E-state index is -0.0177. The summed E-state index contributed by atoms with van der Waals surface area (Å²) >= 11 is 0. The Morgan fingerprint density at radius 2 is 1.75 bits per heavy atom. The van der Waals surface area contributed by atoms with Crippen molar-refractivity contribution < 1.29 is 10.2 Å². The molecule has 0 fully saturated rings. The fourth-order valence-electron chi connectivity index (χ4n) is 1.57. The van der Waals surface area contributed by atoms with Gasteiger partial charge in [0.2, 0.25) is 0 Å². The topological polar surface area (TPSA) is 52.5 Å². The molecule has 1 aromatic rings. The van der Waals surface area contributed by atoms with Crippen LogP contribution in [0.25, 0.3) is 0 Å². The monoisotopic (exact) mass is 223 g/mol. The predicted octanol–water partition coefficient (Wildman–Crippen LogP) is 1.08. The highest BCUT2D eigenvalue weighted by molar-refractivity contribution is 5.22. The van der Waals surface area contributed by atoms with E-state index >= 15 is 0 Å². The predicted molar refractivity (Wildman–Crippen MR) is 65.2 cm³/mol. The van der Waals surface area contributed by atoms with Gasteiger partial charge in [0.15, 0.2) is 0 Å². The van der Waals surface area contributed by atoms with E-state index in [1.54, 1.807) is 0 Å². The third kappa shape index (κ3) is 4.31. The molecule has 1 unspecified atom stereocenters. The molecule has 0 amide bonds. The van der Waals surface area contributed by atoms with Crippen molar-refractivity contribution in [3.63, 3.8) is 0 Å². The van der Waals surface area contributed by atoms with Crippen LogP contribution in [0.5, 0.6) is 0 Å². The summed E-state index contributed by atoms with van der Waals surface area (Å²) in [5.41, 5.74) is 2.53. The third-order valence-electron chi connectivity index (χ3n) is 2.72. The number of hydrogen-bond donors (Lipinski definition) is 3. The molecule has 1 rings (SSSR count). The van der Waals surface area contributed by atoms with Crippen molar-refractivity contribution in [1.82, 2.24) is 5.32 Å². The van der Waals surface area contributed by atoms with Gasteiger partial charge in [-0.2, -0.15) is 0 Å². The molecule has 3 heteroatoms. The molecular weight excluding hydrogens is 202 g/mol. The van der Waals surface area contributed by atoms with E-state index in [2.05, 4.69) is 36.5 Å². The summed E-state index contributed by atoms with van der Waals surface area (Å²) < 4.78 is 0. The lowest BCUT2D eigenvalue weighted by atomic mass is 10.1. The minimum Gasteiger partial charge on any atom is -0.396 e. The normalized spacial score (nSPS) is 12.7. The molecule has 3 N–H and O–H groups in total. The van der Waals surface area contributed by atoms with Crippen molar-refractivity contribution in [2.45, 2.75) is 32.4 Å². The zero-order valence-electron chi connectivity index (χ0n) is 9.82. The van der Waals surface area contributed by atoms with Crippen LogP contribution in [0.15, 0.2) is 24.3 Å². The van der Waals surface area contributed by atoms with Gasteiger partial charge in [0.05, 0.1) is 6.61 Å². The van der Waals surface area contributed by atoms with Gasteiger partial charge in [0, 0.05) is 19.2 Å². The number of nitrogens with one attached hydrogen (secondary N) is 1. The number of aliphatic hydroxyl groups is 2. The van der Waals surface area contributed by atoms with Crippen molar-refractivity contribution in [3.05, 3.63) is 35.4 Å². The zero-order valence-corrected chi connectivity index (χ0v) is 9.82. The van der Waals surface area contributed by atoms with E-state index in [0.717, 1.165) is 13.0 Å². The van der Waals surface area contributed by atoms with Crippen molar-refractivity contribution >= 4 is 0 Å². The van der Waals surface area contributed by atoms with E-state index < -0.39 is 0 Å². The summed E-state index contributed by atoms with van der Waals surface area (Å²) in [4.78, 5) is 0. The second kappa shape index (κ2) is 7.39. The Morgan fingerprint density at radius 3 is 2.25 bits per heavy atom. The van der Waals surface area contributed by atoms with Gasteiger partial charge >= 0.3 is 0 Å². The number of aliphatic hydroxyl groups excluding tert-OH is 2. The van der Waals surface area contributed by atoms with E-state index in [-0.39, 0.29) is 19.3 Å². The summed E-state index contributed by atoms with van der Waals surface area (Å²) in [5.74, 6) is 0. The van der Waals surface area contributed by atoms with Crippen LogP contribution >= 0.6 is 0 Å². The van der Waals surface area contributed by atoms with Crippen LogP contribution in [0.4, 0.5) is 0 Å². The van der Waals surface area contributed by atoms with Gasteiger partial charge in [-0.15, -0.1) is 0 Å². The molecule has 0 aliphatic carbocycles.